The smallest absolute Gasteiger partial charge is 0.241 e. The van der Waals surface area contributed by atoms with Gasteiger partial charge in [-0.15, -0.1) is 0 Å². The number of hydrogen-bond donors (Lipinski definition) is 2. The van der Waals surface area contributed by atoms with Crippen LogP contribution in [0.5, 0.6) is 0 Å². The molecule has 0 aromatic rings. The molecule has 0 aliphatic carbocycles. The SMILES string of the molecule is N#CCCN1CCN(C(=O)C2CNC(=O)CN2)CC1. The van der Waals surface area contributed by atoms with Crippen molar-refractivity contribution in [3.05, 3.63) is 0 Å². The van der Waals surface area contributed by atoms with E-state index < -0.39 is 0 Å². The van der Waals surface area contributed by atoms with Gasteiger partial charge in [0.25, 0.3) is 0 Å². The van der Waals surface area contributed by atoms with E-state index in [1.165, 1.54) is 0 Å². The highest BCUT2D eigenvalue weighted by Gasteiger charge is 2.29. The van der Waals surface area contributed by atoms with Crippen LogP contribution in [0.3, 0.4) is 0 Å². The minimum Gasteiger partial charge on any atom is -0.353 e. The van der Waals surface area contributed by atoms with Crippen molar-refractivity contribution in [1.29, 1.82) is 5.26 Å². The number of piperazine rings is 2. The van der Waals surface area contributed by atoms with Gasteiger partial charge in [-0.2, -0.15) is 5.26 Å². The van der Waals surface area contributed by atoms with Gasteiger partial charge >= 0.3 is 0 Å². The topological polar surface area (TPSA) is 88.5 Å². The third-order valence-electron chi connectivity index (χ3n) is 3.53. The standard InChI is InChI=1S/C12H19N5O2/c13-2-1-3-16-4-6-17(7-5-16)12(19)10-8-15-11(18)9-14-10/h10,14H,1,3-9H2,(H,15,18). The Kier molecular flexibility index (Phi) is 4.71. The van der Waals surface area contributed by atoms with Crippen LogP contribution in [0, 0.1) is 11.3 Å². The molecule has 0 spiro atoms. The Balaban J connectivity index is 1.76. The van der Waals surface area contributed by atoms with Gasteiger partial charge in [0.2, 0.25) is 11.8 Å². The van der Waals surface area contributed by atoms with E-state index in [9.17, 15) is 9.59 Å². The lowest BCUT2D eigenvalue weighted by atomic mass is 10.2. The number of rotatable bonds is 3. The fourth-order valence-electron chi connectivity index (χ4n) is 2.36. The molecule has 7 heteroatoms. The van der Waals surface area contributed by atoms with Crippen molar-refractivity contribution in [2.24, 2.45) is 0 Å². The molecular weight excluding hydrogens is 246 g/mol. The lowest BCUT2D eigenvalue weighted by molar-refractivity contribution is -0.136. The Labute approximate surface area is 112 Å². The second kappa shape index (κ2) is 6.50. The van der Waals surface area contributed by atoms with Crippen molar-refractivity contribution in [2.45, 2.75) is 12.5 Å². The summed E-state index contributed by atoms with van der Waals surface area (Å²) in [7, 11) is 0. The molecule has 1 unspecified atom stereocenters. The number of carbonyl (C=O) groups is 2. The average molecular weight is 265 g/mol. The molecule has 2 N–H and O–H groups in total. The molecule has 0 bridgehead atoms. The van der Waals surface area contributed by atoms with Gasteiger partial charge in [-0.3, -0.25) is 19.8 Å². The fraction of sp³-hybridized carbons (Fsp3) is 0.750. The molecule has 2 heterocycles. The Morgan fingerprint density at radius 1 is 1.37 bits per heavy atom. The highest BCUT2D eigenvalue weighted by atomic mass is 16.2. The summed E-state index contributed by atoms with van der Waals surface area (Å²) in [5, 5.41) is 14.2. The van der Waals surface area contributed by atoms with Crippen LogP contribution in [0.15, 0.2) is 0 Å². The van der Waals surface area contributed by atoms with E-state index in [4.69, 9.17) is 5.26 Å². The van der Waals surface area contributed by atoms with Gasteiger partial charge in [0.05, 0.1) is 12.6 Å². The highest BCUT2D eigenvalue weighted by Crippen LogP contribution is 2.05. The van der Waals surface area contributed by atoms with Gasteiger partial charge in [-0.05, 0) is 0 Å². The largest absolute Gasteiger partial charge is 0.353 e. The van der Waals surface area contributed by atoms with Crippen LogP contribution in [-0.4, -0.2) is 73.5 Å². The first-order chi connectivity index (χ1) is 9.20. The van der Waals surface area contributed by atoms with Crippen LogP contribution >= 0.6 is 0 Å². The van der Waals surface area contributed by atoms with Gasteiger partial charge in [0, 0.05) is 45.7 Å². The molecule has 19 heavy (non-hydrogen) atoms. The summed E-state index contributed by atoms with van der Waals surface area (Å²) < 4.78 is 0. The molecule has 0 aromatic carbocycles. The normalized spacial score (nSPS) is 24.7. The fourth-order valence-corrected chi connectivity index (χ4v) is 2.36. The van der Waals surface area contributed by atoms with E-state index in [1.807, 2.05) is 4.90 Å². The maximum absolute atomic E-state index is 12.2. The van der Waals surface area contributed by atoms with Crippen molar-refractivity contribution in [3.8, 4) is 6.07 Å². The van der Waals surface area contributed by atoms with E-state index in [0.29, 0.717) is 26.1 Å². The van der Waals surface area contributed by atoms with E-state index in [2.05, 4.69) is 21.6 Å². The number of nitriles is 1. The molecule has 2 aliphatic heterocycles. The molecule has 2 rings (SSSR count). The van der Waals surface area contributed by atoms with Gasteiger partial charge in [-0.1, -0.05) is 0 Å². The second-order valence-corrected chi connectivity index (χ2v) is 4.81. The number of nitrogens with one attached hydrogen (secondary N) is 2. The zero-order chi connectivity index (χ0) is 13.7. The Morgan fingerprint density at radius 3 is 2.68 bits per heavy atom. The van der Waals surface area contributed by atoms with Crippen molar-refractivity contribution < 1.29 is 9.59 Å². The lowest BCUT2D eigenvalue weighted by Crippen LogP contribution is -2.61. The predicted molar refractivity (Wildman–Crippen MR) is 68.1 cm³/mol. The third-order valence-corrected chi connectivity index (χ3v) is 3.53. The maximum atomic E-state index is 12.2. The van der Waals surface area contributed by atoms with E-state index in [0.717, 1.165) is 19.6 Å². The molecule has 2 aliphatic rings. The van der Waals surface area contributed by atoms with Crippen LogP contribution < -0.4 is 10.6 Å². The van der Waals surface area contributed by atoms with Crippen molar-refractivity contribution >= 4 is 11.8 Å². The average Bonchev–Trinajstić information content (AvgIpc) is 2.46. The van der Waals surface area contributed by atoms with Crippen molar-refractivity contribution in [2.75, 3.05) is 45.8 Å². The van der Waals surface area contributed by atoms with Crippen LogP contribution in [-0.2, 0) is 9.59 Å². The van der Waals surface area contributed by atoms with Gasteiger partial charge in [0.15, 0.2) is 0 Å². The molecule has 0 radical (unpaired) electrons. The quantitative estimate of drug-likeness (QED) is 0.624. The first kappa shape index (κ1) is 13.8. The highest BCUT2D eigenvalue weighted by molar-refractivity contribution is 5.86. The number of carbonyl (C=O) groups excluding carboxylic acids is 2. The molecule has 2 amide bonds. The van der Waals surface area contributed by atoms with Crippen LogP contribution in [0.25, 0.3) is 0 Å². The summed E-state index contributed by atoms with van der Waals surface area (Å²) in [6.07, 6.45) is 0.532. The van der Waals surface area contributed by atoms with E-state index in [1.54, 1.807) is 0 Å². The van der Waals surface area contributed by atoms with E-state index >= 15 is 0 Å². The second-order valence-electron chi connectivity index (χ2n) is 4.81. The Morgan fingerprint density at radius 2 is 2.11 bits per heavy atom. The first-order valence-electron chi connectivity index (χ1n) is 6.59. The minimum atomic E-state index is -0.302. The molecule has 0 saturated carbocycles. The number of hydrogen-bond acceptors (Lipinski definition) is 5. The number of amides is 2. The molecular formula is C12H19N5O2. The van der Waals surface area contributed by atoms with Crippen LogP contribution in [0.2, 0.25) is 0 Å². The third kappa shape index (κ3) is 3.66. The zero-order valence-corrected chi connectivity index (χ0v) is 10.9. The number of nitrogens with zero attached hydrogens (tertiary/aromatic N) is 3. The summed E-state index contributed by atoms with van der Waals surface area (Å²) in [5.74, 6) is -0.00898. The van der Waals surface area contributed by atoms with Crippen LogP contribution in [0.1, 0.15) is 6.42 Å². The zero-order valence-electron chi connectivity index (χ0n) is 10.9. The summed E-state index contributed by atoms with van der Waals surface area (Å²) in [4.78, 5) is 27.3. The Hall–Kier alpha value is -1.65. The Bertz CT molecular complexity index is 374. The van der Waals surface area contributed by atoms with Crippen molar-refractivity contribution in [1.82, 2.24) is 20.4 Å². The van der Waals surface area contributed by atoms with Crippen LogP contribution in [0.4, 0.5) is 0 Å². The maximum Gasteiger partial charge on any atom is 0.241 e. The molecule has 0 aromatic heterocycles. The minimum absolute atomic E-state index is 0.0555. The van der Waals surface area contributed by atoms with Gasteiger partial charge in [0.1, 0.15) is 6.04 Å². The molecule has 2 saturated heterocycles. The lowest BCUT2D eigenvalue weighted by Gasteiger charge is -2.37. The van der Waals surface area contributed by atoms with Gasteiger partial charge < -0.3 is 10.2 Å². The summed E-state index contributed by atoms with van der Waals surface area (Å²) in [6, 6.07) is 1.83. The molecule has 104 valence electrons. The summed E-state index contributed by atoms with van der Waals surface area (Å²) >= 11 is 0. The molecule has 1 atom stereocenters. The summed E-state index contributed by atoms with van der Waals surface area (Å²) in [6.45, 7) is 4.35. The molecule has 7 nitrogen and oxygen atoms in total. The summed E-state index contributed by atoms with van der Waals surface area (Å²) in [5.41, 5.74) is 0. The monoisotopic (exact) mass is 265 g/mol. The molecule has 2 fully saturated rings. The van der Waals surface area contributed by atoms with Gasteiger partial charge in [-0.25, -0.2) is 0 Å². The predicted octanol–water partition coefficient (Wildman–Crippen LogP) is -1.87. The first-order valence-corrected chi connectivity index (χ1v) is 6.59. The van der Waals surface area contributed by atoms with Crippen molar-refractivity contribution in [3.63, 3.8) is 0 Å². The van der Waals surface area contributed by atoms with E-state index in [-0.39, 0.29) is 24.4 Å².